The molecule has 3 rings (SSSR count). The van der Waals surface area contributed by atoms with Crippen LogP contribution in [0.2, 0.25) is 0 Å². The second kappa shape index (κ2) is 5.20. The van der Waals surface area contributed by atoms with E-state index in [4.69, 9.17) is 9.47 Å². The van der Waals surface area contributed by atoms with Gasteiger partial charge in [-0.05, 0) is 24.6 Å². The number of H-pyrrole nitrogens is 1. The van der Waals surface area contributed by atoms with Gasteiger partial charge in [-0.2, -0.15) is 5.10 Å². The largest absolute Gasteiger partial charge is 0.486 e. The number of benzene rings is 1. The standard InChI is InChI=1S/C13H14N4O3/c1-8(16-13(18)12-14-7-15-17-12)9-2-3-10-11(6-9)20-5-4-19-10/h2-3,6-8H,4-5H2,1H3,(H,16,18)(H,14,15,17). The van der Waals surface area contributed by atoms with E-state index in [9.17, 15) is 4.79 Å². The molecule has 1 aliphatic heterocycles. The van der Waals surface area contributed by atoms with Gasteiger partial charge in [-0.3, -0.25) is 9.89 Å². The average molecular weight is 274 g/mol. The molecular weight excluding hydrogens is 260 g/mol. The number of ether oxygens (including phenoxy) is 2. The van der Waals surface area contributed by atoms with Gasteiger partial charge in [0.15, 0.2) is 11.5 Å². The van der Waals surface area contributed by atoms with Crippen LogP contribution >= 0.6 is 0 Å². The minimum atomic E-state index is -0.301. The number of fused-ring (bicyclic) bond motifs is 1. The number of nitrogens with zero attached hydrogens (tertiary/aromatic N) is 2. The molecule has 7 nitrogen and oxygen atoms in total. The van der Waals surface area contributed by atoms with Gasteiger partial charge in [-0.15, -0.1) is 0 Å². The Morgan fingerprint density at radius 2 is 2.15 bits per heavy atom. The zero-order valence-corrected chi connectivity index (χ0v) is 10.9. The third-order valence-corrected chi connectivity index (χ3v) is 3.04. The summed E-state index contributed by atoms with van der Waals surface area (Å²) >= 11 is 0. The van der Waals surface area contributed by atoms with Crippen LogP contribution in [0, 0.1) is 0 Å². The number of carbonyl (C=O) groups excluding carboxylic acids is 1. The van der Waals surface area contributed by atoms with Crippen LogP contribution in [0.1, 0.15) is 29.1 Å². The summed E-state index contributed by atoms with van der Waals surface area (Å²) < 4.78 is 11.0. The van der Waals surface area contributed by atoms with E-state index in [2.05, 4.69) is 20.5 Å². The molecule has 1 aromatic carbocycles. The van der Waals surface area contributed by atoms with Gasteiger partial charge in [-0.1, -0.05) is 6.07 Å². The molecule has 0 saturated heterocycles. The maximum absolute atomic E-state index is 11.9. The Balaban J connectivity index is 1.74. The van der Waals surface area contributed by atoms with Gasteiger partial charge in [0.2, 0.25) is 5.82 Å². The van der Waals surface area contributed by atoms with Crippen molar-refractivity contribution in [1.82, 2.24) is 20.5 Å². The van der Waals surface area contributed by atoms with Crippen molar-refractivity contribution in [3.63, 3.8) is 0 Å². The maximum atomic E-state index is 11.9. The van der Waals surface area contributed by atoms with Crippen LogP contribution in [0.3, 0.4) is 0 Å². The molecule has 2 aromatic rings. The zero-order valence-electron chi connectivity index (χ0n) is 10.9. The van der Waals surface area contributed by atoms with Crippen molar-refractivity contribution in [2.24, 2.45) is 0 Å². The summed E-state index contributed by atoms with van der Waals surface area (Å²) in [5, 5.41) is 9.01. The van der Waals surface area contributed by atoms with E-state index in [0.29, 0.717) is 19.0 Å². The lowest BCUT2D eigenvalue weighted by Gasteiger charge is -2.20. The number of rotatable bonds is 3. The number of aromatic amines is 1. The topological polar surface area (TPSA) is 89.1 Å². The van der Waals surface area contributed by atoms with Crippen molar-refractivity contribution >= 4 is 5.91 Å². The number of amides is 1. The van der Waals surface area contributed by atoms with E-state index >= 15 is 0 Å². The highest BCUT2D eigenvalue weighted by atomic mass is 16.6. The lowest BCUT2D eigenvalue weighted by molar-refractivity contribution is 0.0929. The van der Waals surface area contributed by atoms with E-state index in [0.717, 1.165) is 11.3 Å². The second-order valence-corrected chi connectivity index (χ2v) is 4.43. The summed E-state index contributed by atoms with van der Waals surface area (Å²) in [4.78, 5) is 15.7. The molecule has 1 aromatic heterocycles. The maximum Gasteiger partial charge on any atom is 0.289 e. The molecule has 7 heteroatoms. The van der Waals surface area contributed by atoms with Crippen LogP contribution < -0.4 is 14.8 Å². The molecule has 20 heavy (non-hydrogen) atoms. The van der Waals surface area contributed by atoms with E-state index < -0.39 is 0 Å². The van der Waals surface area contributed by atoms with Crippen LogP contribution in [-0.2, 0) is 0 Å². The van der Waals surface area contributed by atoms with Crippen molar-refractivity contribution in [3.05, 3.63) is 35.9 Å². The quantitative estimate of drug-likeness (QED) is 0.873. The zero-order chi connectivity index (χ0) is 13.9. The summed E-state index contributed by atoms with van der Waals surface area (Å²) in [5.74, 6) is 1.32. The molecule has 0 fully saturated rings. The molecule has 1 unspecified atom stereocenters. The first kappa shape index (κ1) is 12.5. The van der Waals surface area contributed by atoms with Crippen molar-refractivity contribution in [3.8, 4) is 11.5 Å². The Morgan fingerprint density at radius 1 is 1.35 bits per heavy atom. The molecule has 2 heterocycles. The first-order valence-corrected chi connectivity index (χ1v) is 6.30. The van der Waals surface area contributed by atoms with Crippen LogP contribution in [0.15, 0.2) is 24.5 Å². The summed E-state index contributed by atoms with van der Waals surface area (Å²) in [6.45, 7) is 2.99. The third kappa shape index (κ3) is 2.42. The molecule has 0 aliphatic carbocycles. The highest BCUT2D eigenvalue weighted by molar-refractivity contribution is 5.90. The highest BCUT2D eigenvalue weighted by Gasteiger charge is 2.17. The Bertz CT molecular complexity index is 612. The summed E-state index contributed by atoms with van der Waals surface area (Å²) in [7, 11) is 0. The molecule has 1 atom stereocenters. The fraction of sp³-hybridized carbons (Fsp3) is 0.308. The summed E-state index contributed by atoms with van der Waals surface area (Å²) in [6, 6.07) is 5.45. The molecule has 0 radical (unpaired) electrons. The Kier molecular flexibility index (Phi) is 3.24. The molecule has 104 valence electrons. The van der Waals surface area contributed by atoms with Crippen LogP contribution in [0.4, 0.5) is 0 Å². The van der Waals surface area contributed by atoms with Gasteiger partial charge in [0.05, 0.1) is 6.04 Å². The van der Waals surface area contributed by atoms with E-state index in [1.165, 1.54) is 6.33 Å². The van der Waals surface area contributed by atoms with Gasteiger partial charge in [0.1, 0.15) is 19.5 Å². The first-order valence-electron chi connectivity index (χ1n) is 6.30. The summed E-state index contributed by atoms with van der Waals surface area (Å²) in [6.07, 6.45) is 1.30. The van der Waals surface area contributed by atoms with Gasteiger partial charge in [-0.25, -0.2) is 4.98 Å². The number of carbonyl (C=O) groups is 1. The minimum absolute atomic E-state index is 0.177. The van der Waals surface area contributed by atoms with Crippen LogP contribution in [-0.4, -0.2) is 34.3 Å². The Labute approximate surface area is 115 Å². The molecular formula is C13H14N4O3. The van der Waals surface area contributed by atoms with E-state index in [1.807, 2.05) is 25.1 Å². The minimum Gasteiger partial charge on any atom is -0.486 e. The molecule has 0 bridgehead atoms. The van der Waals surface area contributed by atoms with Gasteiger partial charge in [0.25, 0.3) is 5.91 Å². The predicted molar refractivity (Wildman–Crippen MR) is 69.7 cm³/mol. The highest BCUT2D eigenvalue weighted by Crippen LogP contribution is 2.32. The number of aromatic nitrogens is 3. The SMILES string of the molecule is CC(NC(=O)c1ncn[nH]1)c1ccc2c(c1)OCCO2. The number of nitrogens with one attached hydrogen (secondary N) is 2. The van der Waals surface area contributed by atoms with Crippen LogP contribution in [0.25, 0.3) is 0 Å². The predicted octanol–water partition coefficient (Wildman–Crippen LogP) is 1.07. The Hall–Kier alpha value is -2.57. The molecule has 0 spiro atoms. The molecule has 0 saturated carbocycles. The summed E-state index contributed by atoms with van der Waals surface area (Å²) in [5.41, 5.74) is 0.933. The van der Waals surface area contributed by atoms with E-state index in [-0.39, 0.29) is 17.8 Å². The fourth-order valence-electron chi connectivity index (χ4n) is 1.99. The van der Waals surface area contributed by atoms with Crippen molar-refractivity contribution < 1.29 is 14.3 Å². The van der Waals surface area contributed by atoms with E-state index in [1.54, 1.807) is 0 Å². The number of hydrogen-bond donors (Lipinski definition) is 2. The lowest BCUT2D eigenvalue weighted by Crippen LogP contribution is -2.27. The fourth-order valence-corrected chi connectivity index (χ4v) is 1.99. The monoisotopic (exact) mass is 274 g/mol. The number of hydrogen-bond acceptors (Lipinski definition) is 5. The molecule has 1 aliphatic rings. The average Bonchev–Trinajstić information content (AvgIpc) is 3.01. The van der Waals surface area contributed by atoms with Crippen LogP contribution in [0.5, 0.6) is 11.5 Å². The lowest BCUT2D eigenvalue weighted by atomic mass is 10.1. The second-order valence-electron chi connectivity index (χ2n) is 4.43. The third-order valence-electron chi connectivity index (χ3n) is 3.04. The normalized spacial score (nSPS) is 14.7. The van der Waals surface area contributed by atoms with Crippen molar-refractivity contribution in [1.29, 1.82) is 0 Å². The van der Waals surface area contributed by atoms with Gasteiger partial charge >= 0.3 is 0 Å². The van der Waals surface area contributed by atoms with Crippen molar-refractivity contribution in [2.75, 3.05) is 13.2 Å². The Morgan fingerprint density at radius 3 is 2.90 bits per heavy atom. The smallest absolute Gasteiger partial charge is 0.289 e. The van der Waals surface area contributed by atoms with Crippen molar-refractivity contribution in [2.45, 2.75) is 13.0 Å². The van der Waals surface area contributed by atoms with Gasteiger partial charge < -0.3 is 14.8 Å². The molecule has 1 amide bonds. The first-order chi connectivity index (χ1) is 9.74. The molecule has 2 N–H and O–H groups in total. The van der Waals surface area contributed by atoms with Gasteiger partial charge in [0, 0.05) is 0 Å².